The van der Waals surface area contributed by atoms with Gasteiger partial charge >= 0.3 is 0 Å². The van der Waals surface area contributed by atoms with Crippen molar-refractivity contribution < 1.29 is 0 Å². The molecule has 0 aromatic rings. The third-order valence-corrected chi connectivity index (χ3v) is 3.51. The average molecular weight is 297 g/mol. The molecule has 12 heavy (non-hydrogen) atoms. The topological polar surface area (TPSA) is 3.24 Å². The first-order valence-corrected chi connectivity index (χ1v) is 7.20. The van der Waals surface area contributed by atoms with Crippen LogP contribution in [-0.2, 0) is 0 Å². The minimum Gasteiger partial charge on any atom is -0.237 e. The van der Waals surface area contributed by atoms with Crippen molar-refractivity contribution in [1.82, 2.24) is 4.31 Å². The Morgan fingerprint density at radius 1 is 1.33 bits per heavy atom. The van der Waals surface area contributed by atoms with Crippen LogP contribution in [0.15, 0.2) is 24.3 Å². The Morgan fingerprint density at radius 2 is 1.92 bits per heavy atom. The zero-order chi connectivity index (χ0) is 9.56. The standard InChI is InChI=1S/C9H16INS/c1-8(2)5-6-11(12-10)7-9(3)4/h1,3,5-7H2,2,4H3. The largest absolute Gasteiger partial charge is 0.237 e. The van der Waals surface area contributed by atoms with Crippen LogP contribution in [0.4, 0.5) is 0 Å². The molecule has 1 nitrogen and oxygen atoms in total. The molecule has 0 heterocycles. The summed E-state index contributed by atoms with van der Waals surface area (Å²) in [5.74, 6) is 0. The molecule has 0 atom stereocenters. The van der Waals surface area contributed by atoms with Gasteiger partial charge in [-0.1, -0.05) is 17.7 Å². The van der Waals surface area contributed by atoms with Gasteiger partial charge in [0.15, 0.2) is 0 Å². The highest BCUT2D eigenvalue weighted by atomic mass is 127. The first kappa shape index (κ1) is 12.5. The van der Waals surface area contributed by atoms with Crippen molar-refractivity contribution in [2.45, 2.75) is 20.3 Å². The normalized spacial score (nSPS) is 10.3. The molecule has 0 aromatic carbocycles. The van der Waals surface area contributed by atoms with E-state index in [0.717, 1.165) is 19.5 Å². The van der Waals surface area contributed by atoms with Crippen LogP contribution >= 0.6 is 30.3 Å². The molecule has 0 aliphatic rings. The lowest BCUT2D eigenvalue weighted by atomic mass is 10.2. The predicted molar refractivity (Wildman–Crippen MR) is 67.4 cm³/mol. The number of rotatable bonds is 6. The smallest absolute Gasteiger partial charge is 0.0302 e. The van der Waals surface area contributed by atoms with Crippen LogP contribution in [0.3, 0.4) is 0 Å². The van der Waals surface area contributed by atoms with E-state index in [1.807, 2.05) is 0 Å². The van der Waals surface area contributed by atoms with Crippen LogP contribution in [0.2, 0.25) is 0 Å². The van der Waals surface area contributed by atoms with Crippen LogP contribution < -0.4 is 0 Å². The molecule has 0 spiro atoms. The maximum absolute atomic E-state index is 3.89. The molecule has 0 unspecified atom stereocenters. The van der Waals surface area contributed by atoms with Crippen LogP contribution in [0.1, 0.15) is 20.3 Å². The number of hydrogen-bond donors (Lipinski definition) is 0. The summed E-state index contributed by atoms with van der Waals surface area (Å²) in [4.78, 5) is 0. The summed E-state index contributed by atoms with van der Waals surface area (Å²) in [7, 11) is 1.74. The maximum atomic E-state index is 3.89. The third kappa shape index (κ3) is 7.18. The summed E-state index contributed by atoms with van der Waals surface area (Å²) in [6.07, 6.45) is 1.07. The van der Waals surface area contributed by atoms with Crippen molar-refractivity contribution in [1.29, 1.82) is 0 Å². The van der Waals surface area contributed by atoms with Gasteiger partial charge in [0.05, 0.1) is 0 Å². The van der Waals surface area contributed by atoms with Gasteiger partial charge in [-0.05, 0) is 29.4 Å². The summed E-state index contributed by atoms with van der Waals surface area (Å²) in [5.41, 5.74) is 2.45. The molecular formula is C9H16INS. The molecule has 0 saturated carbocycles. The molecule has 0 N–H and O–H groups in total. The van der Waals surface area contributed by atoms with Gasteiger partial charge in [-0.2, -0.15) is 0 Å². The quantitative estimate of drug-likeness (QED) is 0.416. The van der Waals surface area contributed by atoms with E-state index >= 15 is 0 Å². The molecule has 0 aliphatic heterocycles. The minimum absolute atomic E-state index is 0.973. The molecule has 0 rings (SSSR count). The molecule has 70 valence electrons. The van der Waals surface area contributed by atoms with Crippen molar-refractivity contribution in [3.63, 3.8) is 0 Å². The highest BCUT2D eigenvalue weighted by Crippen LogP contribution is 2.20. The van der Waals surface area contributed by atoms with E-state index in [9.17, 15) is 0 Å². The van der Waals surface area contributed by atoms with Gasteiger partial charge in [-0.3, -0.25) is 0 Å². The third-order valence-electron chi connectivity index (χ3n) is 1.33. The number of nitrogens with zero attached hydrogens (tertiary/aromatic N) is 1. The van der Waals surface area contributed by atoms with Crippen LogP contribution in [0, 0.1) is 0 Å². The van der Waals surface area contributed by atoms with Gasteiger partial charge < -0.3 is 0 Å². The van der Waals surface area contributed by atoms with E-state index in [0.29, 0.717) is 0 Å². The monoisotopic (exact) mass is 297 g/mol. The van der Waals surface area contributed by atoms with Crippen molar-refractivity contribution in [2.24, 2.45) is 0 Å². The van der Waals surface area contributed by atoms with E-state index in [4.69, 9.17) is 0 Å². The second kappa shape index (κ2) is 6.97. The van der Waals surface area contributed by atoms with Gasteiger partial charge in [0.2, 0.25) is 0 Å². The van der Waals surface area contributed by atoms with Gasteiger partial charge in [-0.15, -0.1) is 6.58 Å². The fourth-order valence-corrected chi connectivity index (χ4v) is 2.19. The maximum Gasteiger partial charge on any atom is 0.0302 e. The Bertz CT molecular complexity index is 168. The molecular weight excluding hydrogens is 281 g/mol. The Kier molecular flexibility index (Phi) is 7.28. The summed E-state index contributed by atoms with van der Waals surface area (Å²) in [5, 5.41) is 0. The molecule has 0 fully saturated rings. The minimum atomic E-state index is 0.973. The molecule has 0 radical (unpaired) electrons. The van der Waals surface area contributed by atoms with Gasteiger partial charge in [0.1, 0.15) is 0 Å². The molecule has 3 heteroatoms. The average Bonchev–Trinajstić information content (AvgIpc) is 1.97. The molecule has 0 aromatic heterocycles. The predicted octanol–water partition coefficient (Wildman–Crippen LogP) is 3.83. The Morgan fingerprint density at radius 3 is 2.25 bits per heavy atom. The highest BCUT2D eigenvalue weighted by molar-refractivity contribution is 14.2. The summed E-state index contributed by atoms with van der Waals surface area (Å²) in [6.45, 7) is 13.9. The van der Waals surface area contributed by atoms with Crippen molar-refractivity contribution in [3.8, 4) is 0 Å². The highest BCUT2D eigenvalue weighted by Gasteiger charge is 2.03. The van der Waals surface area contributed by atoms with E-state index in [2.05, 4.69) is 52.5 Å². The molecule has 0 bridgehead atoms. The van der Waals surface area contributed by atoms with E-state index < -0.39 is 0 Å². The Balaban J connectivity index is 3.67. The zero-order valence-electron chi connectivity index (χ0n) is 7.77. The van der Waals surface area contributed by atoms with E-state index in [1.165, 1.54) is 11.1 Å². The number of halogens is 1. The lowest BCUT2D eigenvalue weighted by Crippen LogP contribution is -2.17. The Labute approximate surface area is 92.0 Å². The SMILES string of the molecule is C=C(C)CCN(CC(=C)C)SI. The fraction of sp³-hybridized carbons (Fsp3) is 0.556. The first-order chi connectivity index (χ1) is 5.56. The lowest BCUT2D eigenvalue weighted by Gasteiger charge is -2.17. The molecule has 0 aliphatic carbocycles. The van der Waals surface area contributed by atoms with Crippen molar-refractivity contribution in [3.05, 3.63) is 24.3 Å². The lowest BCUT2D eigenvalue weighted by molar-refractivity contribution is 0.517. The van der Waals surface area contributed by atoms with Crippen LogP contribution in [0.5, 0.6) is 0 Å². The summed E-state index contributed by atoms with van der Waals surface area (Å²) >= 11 is 2.30. The van der Waals surface area contributed by atoms with E-state index in [-0.39, 0.29) is 0 Å². The second-order valence-corrected chi connectivity index (χ2v) is 4.93. The van der Waals surface area contributed by atoms with Crippen molar-refractivity contribution >= 4 is 30.3 Å². The fourth-order valence-electron chi connectivity index (χ4n) is 0.755. The summed E-state index contributed by atoms with van der Waals surface area (Å²) < 4.78 is 2.29. The van der Waals surface area contributed by atoms with Crippen molar-refractivity contribution in [2.75, 3.05) is 13.1 Å². The zero-order valence-corrected chi connectivity index (χ0v) is 10.7. The summed E-state index contributed by atoms with van der Waals surface area (Å²) in [6, 6.07) is 0. The Hall–Kier alpha value is 0.520. The van der Waals surface area contributed by atoms with E-state index in [1.54, 1.807) is 9.12 Å². The molecule has 0 amide bonds. The van der Waals surface area contributed by atoms with Gasteiger partial charge in [0.25, 0.3) is 0 Å². The van der Waals surface area contributed by atoms with Gasteiger partial charge in [0, 0.05) is 34.3 Å². The van der Waals surface area contributed by atoms with Gasteiger partial charge in [-0.25, -0.2) is 4.31 Å². The van der Waals surface area contributed by atoms with Crippen LogP contribution in [-0.4, -0.2) is 17.4 Å². The number of hydrogen-bond acceptors (Lipinski definition) is 2. The van der Waals surface area contributed by atoms with Crippen LogP contribution in [0.25, 0.3) is 0 Å². The molecule has 0 saturated heterocycles. The first-order valence-electron chi connectivity index (χ1n) is 3.88. The second-order valence-electron chi connectivity index (χ2n) is 3.10.